The summed E-state index contributed by atoms with van der Waals surface area (Å²) in [5, 5.41) is 12.3. The second-order valence-corrected chi connectivity index (χ2v) is 6.35. The highest BCUT2D eigenvalue weighted by Gasteiger charge is 2.18. The van der Waals surface area contributed by atoms with Crippen molar-refractivity contribution in [3.63, 3.8) is 0 Å². The fourth-order valence-corrected chi connectivity index (χ4v) is 3.30. The highest BCUT2D eigenvalue weighted by Crippen LogP contribution is 2.29. The van der Waals surface area contributed by atoms with Gasteiger partial charge in [0.1, 0.15) is 5.00 Å². The van der Waals surface area contributed by atoms with Crippen LogP contribution in [0, 0.1) is 3.57 Å². The Balaban J connectivity index is 2.30. The van der Waals surface area contributed by atoms with Crippen LogP contribution in [-0.4, -0.2) is 17.0 Å². The van der Waals surface area contributed by atoms with E-state index in [9.17, 15) is 9.59 Å². The Morgan fingerprint density at radius 3 is 2.60 bits per heavy atom. The number of benzene rings is 1. The van der Waals surface area contributed by atoms with Gasteiger partial charge in [-0.15, -0.1) is 11.3 Å². The molecule has 20 heavy (non-hydrogen) atoms. The van der Waals surface area contributed by atoms with Gasteiger partial charge in [-0.3, -0.25) is 4.79 Å². The Bertz CT molecular complexity index is 666. The summed E-state index contributed by atoms with van der Waals surface area (Å²) in [7, 11) is 0. The molecule has 2 N–H and O–H groups in total. The molecule has 0 aliphatic rings. The Morgan fingerprint density at radius 1 is 1.30 bits per heavy atom. The number of thiophene rings is 1. The van der Waals surface area contributed by atoms with Gasteiger partial charge in [0.05, 0.1) is 11.1 Å². The van der Waals surface area contributed by atoms with Crippen LogP contribution >= 0.6 is 33.9 Å². The summed E-state index contributed by atoms with van der Waals surface area (Å²) in [5.74, 6) is -1.32. The average molecular weight is 401 g/mol. The summed E-state index contributed by atoms with van der Waals surface area (Å²) < 4.78 is 0.826. The Labute approximate surface area is 134 Å². The van der Waals surface area contributed by atoms with Crippen LogP contribution in [0.3, 0.4) is 0 Å². The van der Waals surface area contributed by atoms with Crippen molar-refractivity contribution in [1.29, 1.82) is 0 Å². The molecule has 0 atom stereocenters. The number of carbonyl (C=O) groups is 2. The lowest BCUT2D eigenvalue weighted by molar-refractivity contribution is 0.0698. The second-order valence-electron chi connectivity index (χ2n) is 4.05. The molecule has 4 nitrogen and oxygen atoms in total. The van der Waals surface area contributed by atoms with E-state index < -0.39 is 5.97 Å². The van der Waals surface area contributed by atoms with Gasteiger partial charge < -0.3 is 10.4 Å². The Hall–Kier alpha value is -1.41. The summed E-state index contributed by atoms with van der Waals surface area (Å²) in [5.41, 5.74) is 0.682. The number of carbonyl (C=O) groups excluding carboxylic acids is 1. The van der Waals surface area contributed by atoms with Crippen molar-refractivity contribution in [2.75, 3.05) is 5.32 Å². The quantitative estimate of drug-likeness (QED) is 0.765. The minimum Gasteiger partial charge on any atom is -0.478 e. The van der Waals surface area contributed by atoms with Crippen molar-refractivity contribution in [3.8, 4) is 0 Å². The molecule has 2 rings (SSSR count). The van der Waals surface area contributed by atoms with E-state index in [0.717, 1.165) is 14.9 Å². The molecule has 104 valence electrons. The first-order valence-corrected chi connectivity index (χ1v) is 7.84. The molecule has 0 fully saturated rings. The third-order valence-electron chi connectivity index (χ3n) is 2.71. The van der Waals surface area contributed by atoms with E-state index in [0.29, 0.717) is 10.6 Å². The molecule has 0 spiro atoms. The fraction of sp³-hybridized carbons (Fsp3) is 0.143. The summed E-state index contributed by atoms with van der Waals surface area (Å²) in [6.07, 6.45) is 0.740. The molecule has 1 aromatic carbocycles. The van der Waals surface area contributed by atoms with Gasteiger partial charge in [-0.1, -0.05) is 19.1 Å². The third kappa shape index (κ3) is 3.18. The average Bonchev–Trinajstić information content (AvgIpc) is 2.82. The number of rotatable bonds is 4. The summed E-state index contributed by atoms with van der Waals surface area (Å²) in [6, 6.07) is 8.78. The van der Waals surface area contributed by atoms with E-state index in [1.165, 1.54) is 11.3 Å². The number of aryl methyl sites for hydroxylation is 1. The monoisotopic (exact) mass is 401 g/mol. The van der Waals surface area contributed by atoms with E-state index in [1.807, 2.05) is 19.1 Å². The molecule has 0 saturated heterocycles. The van der Waals surface area contributed by atoms with Crippen molar-refractivity contribution in [2.24, 2.45) is 0 Å². The van der Waals surface area contributed by atoms with E-state index >= 15 is 0 Å². The van der Waals surface area contributed by atoms with E-state index in [2.05, 4.69) is 27.9 Å². The van der Waals surface area contributed by atoms with Crippen molar-refractivity contribution in [2.45, 2.75) is 13.3 Å². The van der Waals surface area contributed by atoms with Crippen LogP contribution in [0.5, 0.6) is 0 Å². The number of carboxylic acid groups (broad SMARTS) is 1. The van der Waals surface area contributed by atoms with Crippen molar-refractivity contribution in [3.05, 3.63) is 49.9 Å². The maximum Gasteiger partial charge on any atom is 0.338 e. The van der Waals surface area contributed by atoms with Gasteiger partial charge in [0.25, 0.3) is 5.91 Å². The number of nitrogens with one attached hydrogen (secondary N) is 1. The largest absolute Gasteiger partial charge is 0.478 e. The number of aromatic carboxylic acids is 1. The van der Waals surface area contributed by atoms with Crippen molar-refractivity contribution in [1.82, 2.24) is 0 Å². The minimum absolute atomic E-state index is 0.145. The van der Waals surface area contributed by atoms with Gasteiger partial charge in [-0.2, -0.15) is 0 Å². The van der Waals surface area contributed by atoms with Crippen LogP contribution in [-0.2, 0) is 6.42 Å². The van der Waals surface area contributed by atoms with Crippen LogP contribution in [0.25, 0.3) is 0 Å². The van der Waals surface area contributed by atoms with Gasteiger partial charge >= 0.3 is 5.97 Å². The van der Waals surface area contributed by atoms with Gasteiger partial charge in [-0.05, 0) is 47.2 Å². The number of anilines is 1. The standard InChI is InChI=1S/C14H12INO3S/c1-2-8-7-10(14(18)19)13(20-8)16-12(17)9-5-3-4-6-11(9)15/h3-7H,2H2,1H3,(H,16,17)(H,18,19). The smallest absolute Gasteiger partial charge is 0.338 e. The number of hydrogen-bond acceptors (Lipinski definition) is 3. The molecule has 2 aromatic rings. The predicted octanol–water partition coefficient (Wildman–Crippen LogP) is 3.87. The van der Waals surface area contributed by atoms with Gasteiger partial charge in [0.2, 0.25) is 0 Å². The molecule has 0 aliphatic heterocycles. The predicted molar refractivity (Wildman–Crippen MR) is 87.8 cm³/mol. The SMILES string of the molecule is CCc1cc(C(=O)O)c(NC(=O)c2ccccc2I)s1. The third-order valence-corrected chi connectivity index (χ3v) is 4.84. The molecular weight excluding hydrogens is 389 g/mol. The zero-order valence-electron chi connectivity index (χ0n) is 10.6. The number of halogens is 1. The van der Waals surface area contributed by atoms with Crippen LogP contribution in [0.2, 0.25) is 0 Å². The molecular formula is C14H12INO3S. The lowest BCUT2D eigenvalue weighted by Gasteiger charge is -2.05. The molecule has 0 aliphatic carbocycles. The number of hydrogen-bond donors (Lipinski definition) is 2. The zero-order valence-corrected chi connectivity index (χ0v) is 13.6. The zero-order chi connectivity index (χ0) is 14.7. The van der Waals surface area contributed by atoms with E-state index in [-0.39, 0.29) is 11.5 Å². The molecule has 1 aromatic heterocycles. The molecule has 0 saturated carbocycles. The number of carboxylic acids is 1. The molecule has 6 heteroatoms. The maximum absolute atomic E-state index is 12.2. The first-order chi connectivity index (χ1) is 9.52. The van der Waals surface area contributed by atoms with Crippen LogP contribution in [0.4, 0.5) is 5.00 Å². The molecule has 1 amide bonds. The highest BCUT2D eigenvalue weighted by molar-refractivity contribution is 14.1. The van der Waals surface area contributed by atoms with Crippen molar-refractivity contribution < 1.29 is 14.7 Å². The normalized spacial score (nSPS) is 10.3. The van der Waals surface area contributed by atoms with Crippen LogP contribution in [0.1, 0.15) is 32.5 Å². The highest BCUT2D eigenvalue weighted by atomic mass is 127. The van der Waals surface area contributed by atoms with E-state index in [1.54, 1.807) is 18.2 Å². The van der Waals surface area contributed by atoms with Gasteiger partial charge in [-0.25, -0.2) is 4.79 Å². The van der Waals surface area contributed by atoms with Gasteiger partial charge in [0.15, 0.2) is 0 Å². The first kappa shape index (κ1) is 15.0. The molecule has 0 radical (unpaired) electrons. The Morgan fingerprint density at radius 2 is 2.00 bits per heavy atom. The summed E-state index contributed by atoms with van der Waals surface area (Å²) >= 11 is 3.38. The molecule has 0 bridgehead atoms. The topological polar surface area (TPSA) is 66.4 Å². The summed E-state index contributed by atoms with van der Waals surface area (Å²) in [4.78, 5) is 24.3. The molecule has 1 heterocycles. The lowest BCUT2D eigenvalue weighted by Crippen LogP contribution is -2.14. The minimum atomic E-state index is -1.03. The van der Waals surface area contributed by atoms with Crippen LogP contribution in [0.15, 0.2) is 30.3 Å². The fourth-order valence-electron chi connectivity index (χ4n) is 1.68. The first-order valence-electron chi connectivity index (χ1n) is 5.94. The summed E-state index contributed by atoms with van der Waals surface area (Å²) in [6.45, 7) is 1.95. The maximum atomic E-state index is 12.2. The second kappa shape index (κ2) is 6.36. The lowest BCUT2D eigenvalue weighted by atomic mass is 10.2. The van der Waals surface area contributed by atoms with E-state index in [4.69, 9.17) is 5.11 Å². The molecule has 0 unspecified atom stereocenters. The Kier molecular flexibility index (Phi) is 4.77. The van der Waals surface area contributed by atoms with Crippen LogP contribution < -0.4 is 5.32 Å². The number of amides is 1. The van der Waals surface area contributed by atoms with Gasteiger partial charge in [0, 0.05) is 8.45 Å². The van der Waals surface area contributed by atoms with Crippen molar-refractivity contribution >= 4 is 50.8 Å².